The summed E-state index contributed by atoms with van der Waals surface area (Å²) in [6.07, 6.45) is 8.56. The number of aliphatic hydroxyl groups excluding tert-OH is 1. The fourth-order valence-electron chi connectivity index (χ4n) is 5.66. The second-order valence-corrected chi connectivity index (χ2v) is 11.8. The van der Waals surface area contributed by atoms with Crippen LogP contribution in [0, 0.1) is 0 Å². The minimum absolute atomic E-state index is 0.0499. The summed E-state index contributed by atoms with van der Waals surface area (Å²) in [5.41, 5.74) is 2.03. The van der Waals surface area contributed by atoms with Crippen LogP contribution < -0.4 is 5.32 Å². The maximum atomic E-state index is 13.2. The molecule has 3 N–H and O–H groups in total. The number of nitrogens with one attached hydrogen (secondary N) is 1. The van der Waals surface area contributed by atoms with E-state index in [1.54, 1.807) is 29.8 Å². The first kappa shape index (κ1) is 26.6. The highest BCUT2D eigenvalue weighted by Crippen LogP contribution is 2.38. The van der Waals surface area contributed by atoms with Gasteiger partial charge < -0.3 is 25.2 Å². The summed E-state index contributed by atoms with van der Waals surface area (Å²) in [6, 6.07) is 2.20. The summed E-state index contributed by atoms with van der Waals surface area (Å²) in [7, 11) is 1.66. The number of methoxy groups -OCH3 is 1. The smallest absolute Gasteiger partial charge is 0.250 e. The average molecular weight is 526 g/mol. The van der Waals surface area contributed by atoms with Crippen LogP contribution in [-0.2, 0) is 15.1 Å². The highest BCUT2D eigenvalue weighted by molar-refractivity contribution is 5.85. The molecule has 3 aromatic heterocycles. The molecular weight excluding hydrogens is 486 g/mol. The molecule has 1 atom stereocenters. The number of ether oxygens (including phenoxy) is 1. The van der Waals surface area contributed by atoms with Gasteiger partial charge in [-0.1, -0.05) is 0 Å². The van der Waals surface area contributed by atoms with E-state index >= 15 is 0 Å². The Morgan fingerprint density at radius 1 is 1.26 bits per heavy atom. The van der Waals surface area contributed by atoms with E-state index < -0.39 is 11.1 Å². The topological polar surface area (TPSA) is 130 Å². The van der Waals surface area contributed by atoms with E-state index in [2.05, 4.69) is 21.5 Å². The van der Waals surface area contributed by atoms with Gasteiger partial charge >= 0.3 is 0 Å². The summed E-state index contributed by atoms with van der Waals surface area (Å²) in [6.45, 7) is 8.62. The minimum atomic E-state index is -0.905. The number of aliphatic hydroxyl groups is 2. The molecule has 3 aromatic rings. The number of anilines is 1. The van der Waals surface area contributed by atoms with Gasteiger partial charge in [-0.3, -0.25) is 9.48 Å². The highest BCUT2D eigenvalue weighted by Gasteiger charge is 2.45. The van der Waals surface area contributed by atoms with Gasteiger partial charge in [0, 0.05) is 42.1 Å². The van der Waals surface area contributed by atoms with Crippen molar-refractivity contribution in [3.63, 3.8) is 0 Å². The molecule has 0 aromatic carbocycles. The molecule has 5 rings (SSSR count). The number of carbonyl (C=O) groups excluding carboxylic acids is 1. The maximum Gasteiger partial charge on any atom is 0.250 e. The number of hydrogen-bond donors (Lipinski definition) is 3. The summed E-state index contributed by atoms with van der Waals surface area (Å²) < 4.78 is 8.90. The third-order valence-corrected chi connectivity index (χ3v) is 7.79. The molecule has 0 bridgehead atoms. The van der Waals surface area contributed by atoms with Crippen LogP contribution in [0.4, 0.5) is 5.95 Å². The third kappa shape index (κ3) is 5.02. The Balaban J connectivity index is 1.49. The number of β-amino-alcohol motifs (C(OH)–C–C–N with tert-alkyl or cyclic N) is 1. The van der Waals surface area contributed by atoms with Gasteiger partial charge in [-0.25, -0.2) is 9.50 Å². The van der Waals surface area contributed by atoms with Crippen LogP contribution in [0.25, 0.3) is 16.6 Å². The third-order valence-electron chi connectivity index (χ3n) is 7.79. The first-order chi connectivity index (χ1) is 18.0. The second-order valence-electron chi connectivity index (χ2n) is 11.8. The number of amides is 1. The van der Waals surface area contributed by atoms with E-state index in [1.165, 1.54) is 0 Å². The summed E-state index contributed by atoms with van der Waals surface area (Å²) in [5.74, 6) is 0.714. The van der Waals surface area contributed by atoms with Crippen molar-refractivity contribution in [3.05, 3.63) is 30.4 Å². The Morgan fingerprint density at radius 3 is 2.63 bits per heavy atom. The molecule has 4 heterocycles. The Bertz CT molecular complexity index is 1300. The molecule has 1 saturated carbocycles. The van der Waals surface area contributed by atoms with Crippen molar-refractivity contribution in [3.8, 4) is 11.1 Å². The van der Waals surface area contributed by atoms with Crippen molar-refractivity contribution < 1.29 is 19.7 Å². The van der Waals surface area contributed by atoms with Gasteiger partial charge in [0.2, 0.25) is 11.9 Å². The molecule has 0 spiro atoms. The van der Waals surface area contributed by atoms with E-state index in [0.29, 0.717) is 25.6 Å². The van der Waals surface area contributed by atoms with Crippen molar-refractivity contribution >= 4 is 17.4 Å². The molecule has 2 aliphatic rings. The highest BCUT2D eigenvalue weighted by atomic mass is 16.5. The summed E-state index contributed by atoms with van der Waals surface area (Å²) in [4.78, 5) is 19.4. The van der Waals surface area contributed by atoms with E-state index in [4.69, 9.17) is 9.84 Å². The van der Waals surface area contributed by atoms with Crippen molar-refractivity contribution in [2.24, 2.45) is 0 Å². The first-order valence-electron chi connectivity index (χ1n) is 13.4. The van der Waals surface area contributed by atoms with Gasteiger partial charge in [0.15, 0.2) is 0 Å². The van der Waals surface area contributed by atoms with E-state index in [1.807, 2.05) is 37.7 Å². The van der Waals surface area contributed by atoms with Crippen LogP contribution >= 0.6 is 0 Å². The van der Waals surface area contributed by atoms with Crippen LogP contribution in [0.5, 0.6) is 0 Å². The number of rotatable bonds is 8. The lowest BCUT2D eigenvalue weighted by atomic mass is 9.85. The number of likely N-dealkylation sites (tertiary alicyclic amines) is 1. The molecule has 1 saturated heterocycles. The fourth-order valence-corrected chi connectivity index (χ4v) is 5.66. The van der Waals surface area contributed by atoms with Crippen LogP contribution in [0.15, 0.2) is 24.7 Å². The number of fused-ring (bicyclic) bond motifs is 1. The lowest BCUT2D eigenvalue weighted by Crippen LogP contribution is -2.65. The van der Waals surface area contributed by atoms with Crippen molar-refractivity contribution in [1.82, 2.24) is 29.3 Å². The zero-order chi connectivity index (χ0) is 27.2. The van der Waals surface area contributed by atoms with Crippen LogP contribution in [0.3, 0.4) is 0 Å². The molecule has 1 aliphatic heterocycles. The van der Waals surface area contributed by atoms with Crippen LogP contribution in [0.1, 0.15) is 65.0 Å². The number of aromatic nitrogens is 5. The predicted octanol–water partition coefficient (Wildman–Crippen LogP) is 2.39. The lowest BCUT2D eigenvalue weighted by Gasteiger charge is -2.46. The summed E-state index contributed by atoms with van der Waals surface area (Å²) >= 11 is 0. The van der Waals surface area contributed by atoms with Gasteiger partial charge in [-0.05, 0) is 59.4 Å². The molecule has 0 radical (unpaired) electrons. The molecule has 0 unspecified atom stereocenters. The van der Waals surface area contributed by atoms with Gasteiger partial charge in [-0.15, -0.1) is 5.10 Å². The van der Waals surface area contributed by atoms with Crippen molar-refractivity contribution in [2.45, 2.75) is 82.6 Å². The van der Waals surface area contributed by atoms with E-state index in [0.717, 1.165) is 48.0 Å². The Labute approximate surface area is 222 Å². The molecule has 38 heavy (non-hydrogen) atoms. The monoisotopic (exact) mass is 525 g/mol. The standard InChI is InChI=1S/C27H39N7O4/c1-17(14-38-5)30-25-28-12-23-21(10-22(34(23)31-25)18-6-8-20(35)9-7-18)19-11-29-33(13-19)26(2,3)24(36)32-15-27(4,37)16-32/h10-13,17-18,20,35,37H,6-9,14-16H2,1-5H3,(H,30,31)/t17-,18?,20?/m0/s1. The number of carbonyl (C=O) groups is 1. The zero-order valence-electron chi connectivity index (χ0n) is 22.9. The van der Waals surface area contributed by atoms with Gasteiger partial charge in [0.25, 0.3) is 0 Å². The number of hydrogen-bond acceptors (Lipinski definition) is 8. The largest absolute Gasteiger partial charge is 0.393 e. The van der Waals surface area contributed by atoms with Crippen LogP contribution in [-0.4, -0.2) is 90.0 Å². The van der Waals surface area contributed by atoms with Gasteiger partial charge in [0.05, 0.1) is 49.3 Å². The van der Waals surface area contributed by atoms with Gasteiger partial charge in [0.1, 0.15) is 5.54 Å². The Hall–Kier alpha value is -3.02. The Kier molecular flexibility index (Phi) is 6.95. The molecule has 1 aliphatic carbocycles. The first-order valence-corrected chi connectivity index (χ1v) is 13.4. The SMILES string of the molecule is COC[C@H](C)Nc1ncc2c(-c3cnn(C(C)(C)C(=O)N4CC(C)(O)C4)c3)cc(C3CCC(O)CC3)n2n1. The number of nitrogens with zero attached hydrogens (tertiary/aromatic N) is 6. The molecule has 2 fully saturated rings. The zero-order valence-corrected chi connectivity index (χ0v) is 22.9. The molecule has 11 nitrogen and oxygen atoms in total. The maximum absolute atomic E-state index is 13.2. The van der Waals surface area contributed by atoms with Crippen molar-refractivity contribution in [1.29, 1.82) is 0 Å². The average Bonchev–Trinajstić information content (AvgIpc) is 3.48. The molecular formula is C27H39N7O4. The quantitative estimate of drug-likeness (QED) is 0.409. The van der Waals surface area contributed by atoms with E-state index in [9.17, 15) is 15.0 Å². The lowest BCUT2D eigenvalue weighted by molar-refractivity contribution is -0.160. The Morgan fingerprint density at radius 2 is 1.97 bits per heavy atom. The van der Waals surface area contributed by atoms with Crippen LogP contribution in [0.2, 0.25) is 0 Å². The minimum Gasteiger partial charge on any atom is -0.393 e. The molecule has 11 heteroatoms. The van der Waals surface area contributed by atoms with E-state index in [-0.39, 0.29) is 24.0 Å². The fraction of sp³-hybridized carbons (Fsp3) is 0.630. The second kappa shape index (κ2) is 9.94. The molecule has 1 amide bonds. The van der Waals surface area contributed by atoms with Gasteiger partial charge in [-0.2, -0.15) is 5.10 Å². The normalized spacial score (nSPS) is 22.3. The summed E-state index contributed by atoms with van der Waals surface area (Å²) in [5, 5.41) is 32.9. The molecule has 206 valence electrons. The van der Waals surface area contributed by atoms with Crippen molar-refractivity contribution in [2.75, 3.05) is 32.1 Å². The predicted molar refractivity (Wildman–Crippen MR) is 143 cm³/mol.